The van der Waals surface area contributed by atoms with Gasteiger partial charge in [0.1, 0.15) is 5.75 Å². The van der Waals surface area contributed by atoms with E-state index >= 15 is 0 Å². The van der Waals surface area contributed by atoms with Crippen molar-refractivity contribution in [2.24, 2.45) is 0 Å². The highest BCUT2D eigenvalue weighted by Gasteiger charge is 2.39. The van der Waals surface area contributed by atoms with E-state index in [2.05, 4.69) is 9.88 Å². The Balaban J connectivity index is 1.51. The molecule has 7 heteroatoms. The molecule has 2 N–H and O–H groups in total. The number of aromatic hydroxyl groups is 1. The molecule has 136 valence electrons. The van der Waals surface area contributed by atoms with E-state index in [-0.39, 0.29) is 11.8 Å². The van der Waals surface area contributed by atoms with Gasteiger partial charge < -0.3 is 15.0 Å². The van der Waals surface area contributed by atoms with Gasteiger partial charge in [0.2, 0.25) is 10.0 Å². The number of nitrogens with one attached hydrogen (secondary N) is 1. The first kappa shape index (κ1) is 16.9. The van der Waals surface area contributed by atoms with Crippen LogP contribution in [0.25, 0.3) is 10.9 Å². The van der Waals surface area contributed by atoms with Gasteiger partial charge in [0, 0.05) is 37.0 Å². The minimum atomic E-state index is -3.49. The Hall–Kier alpha value is -2.51. The zero-order valence-electron chi connectivity index (χ0n) is 14.5. The number of H-pyrrole nitrogens is 1. The SMILES string of the molecule is CCN(c1ccc(O)cc1)C1CN(S(=O)(=O)c2ccc3cc[nH]c3c2)C1. The van der Waals surface area contributed by atoms with Gasteiger partial charge >= 0.3 is 0 Å². The molecule has 4 rings (SSSR count). The first-order valence-electron chi connectivity index (χ1n) is 8.62. The Morgan fingerprint density at radius 3 is 2.58 bits per heavy atom. The molecule has 1 aliphatic heterocycles. The van der Waals surface area contributed by atoms with E-state index in [0.29, 0.717) is 18.0 Å². The molecule has 0 aliphatic carbocycles. The lowest BCUT2D eigenvalue weighted by Crippen LogP contribution is -2.61. The second kappa shape index (κ2) is 6.34. The number of hydrogen-bond acceptors (Lipinski definition) is 4. The highest BCUT2D eigenvalue weighted by Crippen LogP contribution is 2.29. The van der Waals surface area contributed by atoms with Gasteiger partial charge in [0.25, 0.3) is 0 Å². The Labute approximate surface area is 152 Å². The van der Waals surface area contributed by atoms with E-state index in [1.54, 1.807) is 30.5 Å². The van der Waals surface area contributed by atoms with Crippen LogP contribution in [-0.2, 0) is 10.0 Å². The zero-order chi connectivity index (χ0) is 18.3. The summed E-state index contributed by atoms with van der Waals surface area (Å²) in [7, 11) is -3.49. The minimum absolute atomic E-state index is 0.133. The van der Waals surface area contributed by atoms with Crippen molar-refractivity contribution < 1.29 is 13.5 Å². The van der Waals surface area contributed by atoms with Crippen LogP contribution < -0.4 is 4.90 Å². The fraction of sp³-hybridized carbons (Fsp3) is 0.263. The molecule has 0 unspecified atom stereocenters. The van der Waals surface area contributed by atoms with Crippen molar-refractivity contribution in [1.82, 2.24) is 9.29 Å². The van der Waals surface area contributed by atoms with E-state index in [9.17, 15) is 13.5 Å². The Morgan fingerprint density at radius 2 is 1.88 bits per heavy atom. The Kier molecular flexibility index (Phi) is 4.13. The van der Waals surface area contributed by atoms with Crippen molar-refractivity contribution in [2.75, 3.05) is 24.5 Å². The lowest BCUT2D eigenvalue weighted by molar-refractivity contribution is 0.254. The first-order chi connectivity index (χ1) is 12.5. The number of likely N-dealkylation sites (N-methyl/N-ethyl adjacent to an activating group) is 1. The van der Waals surface area contributed by atoms with Crippen LogP contribution in [0.1, 0.15) is 6.92 Å². The van der Waals surface area contributed by atoms with Gasteiger partial charge in [0.05, 0.1) is 10.9 Å². The number of aromatic nitrogens is 1. The number of sulfonamides is 1. The maximum atomic E-state index is 12.9. The van der Waals surface area contributed by atoms with E-state index in [0.717, 1.165) is 23.1 Å². The summed E-state index contributed by atoms with van der Waals surface area (Å²) in [5.41, 5.74) is 1.81. The summed E-state index contributed by atoms with van der Waals surface area (Å²) in [6.07, 6.45) is 1.80. The van der Waals surface area contributed by atoms with Crippen molar-refractivity contribution in [3.63, 3.8) is 0 Å². The van der Waals surface area contributed by atoms with E-state index in [1.807, 2.05) is 31.2 Å². The summed E-state index contributed by atoms with van der Waals surface area (Å²) >= 11 is 0. The molecule has 26 heavy (non-hydrogen) atoms. The third-order valence-electron chi connectivity index (χ3n) is 4.96. The van der Waals surface area contributed by atoms with Crippen molar-refractivity contribution in [1.29, 1.82) is 0 Å². The van der Waals surface area contributed by atoms with Gasteiger partial charge in [-0.2, -0.15) is 4.31 Å². The van der Waals surface area contributed by atoms with Crippen molar-refractivity contribution >= 4 is 26.6 Å². The molecule has 1 saturated heterocycles. The summed E-state index contributed by atoms with van der Waals surface area (Å²) < 4.78 is 27.3. The smallest absolute Gasteiger partial charge is 0.243 e. The molecule has 0 bridgehead atoms. The van der Waals surface area contributed by atoms with Crippen LogP contribution in [-0.4, -0.2) is 48.5 Å². The zero-order valence-corrected chi connectivity index (χ0v) is 15.3. The van der Waals surface area contributed by atoms with Crippen LogP contribution >= 0.6 is 0 Å². The number of phenolic OH excluding ortho intramolecular Hbond substituents is 1. The van der Waals surface area contributed by atoms with Gasteiger partial charge in [-0.3, -0.25) is 0 Å². The number of benzene rings is 2. The number of nitrogens with zero attached hydrogens (tertiary/aromatic N) is 2. The normalized spacial score (nSPS) is 15.9. The average molecular weight is 371 g/mol. The highest BCUT2D eigenvalue weighted by molar-refractivity contribution is 7.89. The van der Waals surface area contributed by atoms with Crippen LogP contribution in [0.5, 0.6) is 5.75 Å². The molecule has 2 aromatic carbocycles. The lowest BCUT2D eigenvalue weighted by atomic mass is 10.1. The second-order valence-corrected chi connectivity index (χ2v) is 8.44. The van der Waals surface area contributed by atoms with Gasteiger partial charge in [0.15, 0.2) is 0 Å². The fourth-order valence-electron chi connectivity index (χ4n) is 3.44. The number of fused-ring (bicyclic) bond motifs is 1. The topological polar surface area (TPSA) is 76.6 Å². The summed E-state index contributed by atoms with van der Waals surface area (Å²) in [5.74, 6) is 0.224. The predicted molar refractivity (Wildman–Crippen MR) is 102 cm³/mol. The van der Waals surface area contributed by atoms with Crippen LogP contribution in [0.2, 0.25) is 0 Å². The van der Waals surface area contributed by atoms with Gasteiger partial charge in [-0.05, 0) is 54.8 Å². The second-order valence-electron chi connectivity index (χ2n) is 6.50. The Morgan fingerprint density at radius 1 is 1.15 bits per heavy atom. The van der Waals surface area contributed by atoms with Crippen LogP contribution in [0.3, 0.4) is 0 Å². The summed E-state index contributed by atoms with van der Waals surface area (Å²) in [6, 6.07) is 14.2. The predicted octanol–water partition coefficient (Wildman–Crippen LogP) is 2.77. The number of hydrogen-bond donors (Lipinski definition) is 2. The third kappa shape index (κ3) is 2.83. The molecule has 0 radical (unpaired) electrons. The highest BCUT2D eigenvalue weighted by atomic mass is 32.2. The quantitative estimate of drug-likeness (QED) is 0.723. The molecule has 3 aromatic rings. The van der Waals surface area contributed by atoms with Crippen molar-refractivity contribution in [3.8, 4) is 5.75 Å². The maximum Gasteiger partial charge on any atom is 0.243 e. The molecule has 1 fully saturated rings. The molecule has 1 aliphatic rings. The number of anilines is 1. The maximum absolute atomic E-state index is 12.9. The van der Waals surface area contributed by atoms with E-state index in [1.165, 1.54) is 4.31 Å². The van der Waals surface area contributed by atoms with Crippen LogP contribution in [0.15, 0.2) is 59.6 Å². The number of rotatable bonds is 5. The fourth-order valence-corrected chi connectivity index (χ4v) is 4.98. The van der Waals surface area contributed by atoms with E-state index in [4.69, 9.17) is 0 Å². The van der Waals surface area contributed by atoms with Crippen molar-refractivity contribution in [2.45, 2.75) is 17.9 Å². The standard InChI is InChI=1S/C19H21N3O3S/c1-2-22(15-4-6-17(23)7-5-15)16-12-21(13-16)26(24,25)18-8-3-14-9-10-20-19(14)11-18/h3-11,16,20,23H,2,12-13H2,1H3. The molecule has 0 spiro atoms. The lowest BCUT2D eigenvalue weighted by Gasteiger charge is -2.45. The molecule has 1 aromatic heterocycles. The molecule has 0 saturated carbocycles. The minimum Gasteiger partial charge on any atom is -0.508 e. The average Bonchev–Trinajstić information content (AvgIpc) is 3.06. The number of aromatic amines is 1. The molecule has 0 atom stereocenters. The first-order valence-corrected chi connectivity index (χ1v) is 10.1. The largest absolute Gasteiger partial charge is 0.508 e. The van der Waals surface area contributed by atoms with Gasteiger partial charge in [-0.15, -0.1) is 0 Å². The van der Waals surface area contributed by atoms with Crippen LogP contribution in [0, 0.1) is 0 Å². The third-order valence-corrected chi connectivity index (χ3v) is 6.78. The molecular weight excluding hydrogens is 350 g/mol. The molecular formula is C19H21N3O3S. The van der Waals surface area contributed by atoms with Gasteiger partial charge in [-0.25, -0.2) is 8.42 Å². The monoisotopic (exact) mass is 371 g/mol. The summed E-state index contributed by atoms with van der Waals surface area (Å²) in [4.78, 5) is 5.54. The molecule has 0 amide bonds. The molecule has 6 nitrogen and oxygen atoms in total. The van der Waals surface area contributed by atoms with Crippen molar-refractivity contribution in [3.05, 3.63) is 54.7 Å². The number of phenols is 1. The van der Waals surface area contributed by atoms with Gasteiger partial charge in [-0.1, -0.05) is 6.07 Å². The van der Waals surface area contributed by atoms with E-state index < -0.39 is 10.0 Å². The molecule has 2 heterocycles. The summed E-state index contributed by atoms with van der Waals surface area (Å²) in [5, 5.41) is 10.4. The summed E-state index contributed by atoms with van der Waals surface area (Å²) in [6.45, 7) is 3.74. The van der Waals surface area contributed by atoms with Crippen LogP contribution in [0.4, 0.5) is 5.69 Å². The Bertz CT molecular complexity index is 1020.